The van der Waals surface area contributed by atoms with Crippen LogP contribution in [0.1, 0.15) is 44.0 Å². The van der Waals surface area contributed by atoms with Crippen LogP contribution in [0.5, 0.6) is 11.5 Å². The number of methoxy groups -OCH3 is 1. The highest BCUT2D eigenvalue weighted by atomic mass is 16.5. The van der Waals surface area contributed by atoms with Crippen molar-refractivity contribution in [3.63, 3.8) is 0 Å². The monoisotopic (exact) mass is 320 g/mol. The molecule has 0 saturated carbocycles. The fourth-order valence-electron chi connectivity index (χ4n) is 2.68. The van der Waals surface area contributed by atoms with Gasteiger partial charge in [0.2, 0.25) is 0 Å². The summed E-state index contributed by atoms with van der Waals surface area (Å²) in [5.74, 6) is 1.63. The van der Waals surface area contributed by atoms with Crippen molar-refractivity contribution in [3.8, 4) is 11.5 Å². The Morgan fingerprint density at radius 3 is 2.83 bits per heavy atom. The minimum absolute atomic E-state index is 0.0701. The fourth-order valence-corrected chi connectivity index (χ4v) is 2.68. The molecule has 1 aromatic rings. The minimum atomic E-state index is -0.0701. The van der Waals surface area contributed by atoms with Crippen molar-refractivity contribution in [2.75, 3.05) is 20.3 Å². The summed E-state index contributed by atoms with van der Waals surface area (Å²) in [6.45, 7) is 7.92. The smallest absolute Gasteiger partial charge is 0.251 e. The van der Waals surface area contributed by atoms with Crippen LogP contribution in [0, 0.1) is 5.92 Å². The van der Waals surface area contributed by atoms with E-state index in [0.29, 0.717) is 35.6 Å². The molecule has 128 valence electrons. The van der Waals surface area contributed by atoms with E-state index < -0.39 is 0 Å². The maximum absolute atomic E-state index is 12.5. The Labute approximate surface area is 138 Å². The predicted octanol–water partition coefficient (Wildman–Crippen LogP) is 2.60. The van der Waals surface area contributed by atoms with Crippen LogP contribution in [0.15, 0.2) is 18.2 Å². The third-order valence-corrected chi connectivity index (χ3v) is 4.08. The van der Waals surface area contributed by atoms with E-state index in [1.807, 2.05) is 0 Å². The number of amides is 1. The van der Waals surface area contributed by atoms with E-state index in [-0.39, 0.29) is 11.9 Å². The van der Waals surface area contributed by atoms with Crippen molar-refractivity contribution < 1.29 is 14.3 Å². The molecule has 1 fully saturated rings. The molecule has 0 aromatic heterocycles. The van der Waals surface area contributed by atoms with Gasteiger partial charge in [-0.2, -0.15) is 0 Å². The van der Waals surface area contributed by atoms with Gasteiger partial charge in [-0.1, -0.05) is 13.8 Å². The Hall–Kier alpha value is -1.75. The molecule has 1 aromatic carbocycles. The summed E-state index contributed by atoms with van der Waals surface area (Å²) < 4.78 is 11.1. The van der Waals surface area contributed by atoms with E-state index in [9.17, 15) is 4.79 Å². The summed E-state index contributed by atoms with van der Waals surface area (Å²) >= 11 is 0. The first-order valence-electron chi connectivity index (χ1n) is 8.36. The van der Waals surface area contributed by atoms with Gasteiger partial charge >= 0.3 is 0 Å². The Kier molecular flexibility index (Phi) is 6.28. The second-order valence-corrected chi connectivity index (χ2v) is 6.54. The molecule has 2 atom stereocenters. The summed E-state index contributed by atoms with van der Waals surface area (Å²) in [5, 5.41) is 6.50. The van der Waals surface area contributed by atoms with E-state index in [1.54, 1.807) is 25.3 Å². The Balaban J connectivity index is 2.05. The number of ether oxygens (including phenoxy) is 2. The minimum Gasteiger partial charge on any atom is -0.493 e. The normalized spacial score (nSPS) is 21.1. The second kappa shape index (κ2) is 8.20. The molecule has 1 aliphatic heterocycles. The average molecular weight is 320 g/mol. The highest BCUT2D eigenvalue weighted by molar-refractivity contribution is 5.95. The molecule has 5 nitrogen and oxygen atoms in total. The second-order valence-electron chi connectivity index (χ2n) is 6.54. The lowest BCUT2D eigenvalue weighted by molar-refractivity contribution is 0.0919. The largest absolute Gasteiger partial charge is 0.493 e. The van der Waals surface area contributed by atoms with Gasteiger partial charge in [0.25, 0.3) is 5.91 Å². The Morgan fingerprint density at radius 1 is 1.39 bits per heavy atom. The van der Waals surface area contributed by atoms with Gasteiger partial charge in [0.15, 0.2) is 11.5 Å². The number of nitrogens with one attached hydrogen (secondary N) is 2. The van der Waals surface area contributed by atoms with Crippen molar-refractivity contribution in [2.24, 2.45) is 5.92 Å². The SMILES string of the molecule is COc1cc(C(=O)NC2CCCNC2C)ccc1OCC(C)C. The van der Waals surface area contributed by atoms with Crippen molar-refractivity contribution >= 4 is 5.91 Å². The van der Waals surface area contributed by atoms with E-state index in [4.69, 9.17) is 9.47 Å². The maximum atomic E-state index is 12.5. The molecule has 0 aliphatic carbocycles. The van der Waals surface area contributed by atoms with Crippen LogP contribution in [0.4, 0.5) is 0 Å². The predicted molar refractivity (Wildman–Crippen MR) is 91.3 cm³/mol. The lowest BCUT2D eigenvalue weighted by atomic mass is 9.99. The Bertz CT molecular complexity index is 531. The molecule has 1 heterocycles. The number of rotatable bonds is 6. The van der Waals surface area contributed by atoms with Gasteiger partial charge in [-0.05, 0) is 50.4 Å². The highest BCUT2D eigenvalue weighted by Crippen LogP contribution is 2.28. The zero-order valence-electron chi connectivity index (χ0n) is 14.5. The van der Waals surface area contributed by atoms with E-state index in [2.05, 4.69) is 31.4 Å². The number of benzene rings is 1. The molecule has 1 aliphatic rings. The number of hydrogen-bond donors (Lipinski definition) is 2. The first-order valence-corrected chi connectivity index (χ1v) is 8.36. The number of carbonyl (C=O) groups excluding carboxylic acids is 1. The van der Waals surface area contributed by atoms with Gasteiger partial charge in [-0.3, -0.25) is 4.79 Å². The van der Waals surface area contributed by atoms with Gasteiger partial charge in [0.1, 0.15) is 0 Å². The molecular weight excluding hydrogens is 292 g/mol. The number of hydrogen-bond acceptors (Lipinski definition) is 4. The van der Waals surface area contributed by atoms with Gasteiger partial charge in [0.05, 0.1) is 13.7 Å². The lowest BCUT2D eigenvalue weighted by Gasteiger charge is -2.30. The zero-order chi connectivity index (χ0) is 16.8. The molecule has 23 heavy (non-hydrogen) atoms. The van der Waals surface area contributed by atoms with E-state index in [1.165, 1.54) is 0 Å². The van der Waals surface area contributed by atoms with Crippen LogP contribution >= 0.6 is 0 Å². The van der Waals surface area contributed by atoms with Gasteiger partial charge < -0.3 is 20.1 Å². The van der Waals surface area contributed by atoms with Crippen LogP contribution in [-0.2, 0) is 0 Å². The molecule has 2 rings (SSSR count). The molecule has 5 heteroatoms. The van der Waals surface area contributed by atoms with Crippen molar-refractivity contribution in [1.29, 1.82) is 0 Å². The molecule has 2 unspecified atom stereocenters. The molecule has 0 bridgehead atoms. The number of carbonyl (C=O) groups is 1. The Morgan fingerprint density at radius 2 is 2.17 bits per heavy atom. The quantitative estimate of drug-likeness (QED) is 0.846. The molecule has 0 radical (unpaired) electrons. The lowest BCUT2D eigenvalue weighted by Crippen LogP contribution is -2.51. The van der Waals surface area contributed by atoms with Crippen molar-refractivity contribution in [3.05, 3.63) is 23.8 Å². The summed E-state index contributed by atoms with van der Waals surface area (Å²) in [4.78, 5) is 12.5. The summed E-state index contributed by atoms with van der Waals surface area (Å²) in [6, 6.07) is 5.79. The highest BCUT2D eigenvalue weighted by Gasteiger charge is 2.23. The molecule has 2 N–H and O–H groups in total. The summed E-state index contributed by atoms with van der Waals surface area (Å²) in [7, 11) is 1.59. The van der Waals surface area contributed by atoms with Crippen molar-refractivity contribution in [1.82, 2.24) is 10.6 Å². The van der Waals surface area contributed by atoms with Crippen LogP contribution in [0.3, 0.4) is 0 Å². The topological polar surface area (TPSA) is 59.6 Å². The third-order valence-electron chi connectivity index (χ3n) is 4.08. The first kappa shape index (κ1) is 17.6. The van der Waals surface area contributed by atoms with Gasteiger partial charge in [-0.25, -0.2) is 0 Å². The molecule has 1 saturated heterocycles. The fraction of sp³-hybridized carbons (Fsp3) is 0.611. The van der Waals surface area contributed by atoms with E-state index in [0.717, 1.165) is 19.4 Å². The molecule has 0 spiro atoms. The van der Waals surface area contributed by atoms with Crippen LogP contribution in [-0.4, -0.2) is 38.3 Å². The zero-order valence-corrected chi connectivity index (χ0v) is 14.5. The summed E-state index contributed by atoms with van der Waals surface area (Å²) in [5.41, 5.74) is 0.594. The average Bonchev–Trinajstić information content (AvgIpc) is 2.54. The third kappa shape index (κ3) is 4.86. The van der Waals surface area contributed by atoms with Gasteiger partial charge in [-0.15, -0.1) is 0 Å². The van der Waals surface area contributed by atoms with E-state index >= 15 is 0 Å². The first-order chi connectivity index (χ1) is 11.0. The number of piperidine rings is 1. The van der Waals surface area contributed by atoms with Crippen LogP contribution in [0.25, 0.3) is 0 Å². The van der Waals surface area contributed by atoms with Crippen molar-refractivity contribution in [2.45, 2.75) is 45.7 Å². The maximum Gasteiger partial charge on any atom is 0.251 e. The van der Waals surface area contributed by atoms with Crippen LogP contribution < -0.4 is 20.1 Å². The molecule has 1 amide bonds. The molecular formula is C18H28N2O3. The standard InChI is InChI=1S/C18H28N2O3/c1-12(2)11-23-16-8-7-14(10-17(16)22-4)18(21)20-15-6-5-9-19-13(15)3/h7-8,10,12-13,15,19H,5-6,9,11H2,1-4H3,(H,20,21). The van der Waals surface area contributed by atoms with Gasteiger partial charge in [0, 0.05) is 17.6 Å². The summed E-state index contributed by atoms with van der Waals surface area (Å²) in [6.07, 6.45) is 2.09. The van der Waals surface area contributed by atoms with Crippen LogP contribution in [0.2, 0.25) is 0 Å².